The average molecular weight is 300 g/mol. The molecule has 19 heavy (non-hydrogen) atoms. The molecule has 0 heterocycles. The fourth-order valence-corrected chi connectivity index (χ4v) is 3.60. The molecule has 0 radical (unpaired) electrons. The van der Waals surface area contributed by atoms with Crippen LogP contribution in [0.4, 0.5) is 0 Å². The summed E-state index contributed by atoms with van der Waals surface area (Å²) < 4.78 is 25.9. The standard InChI is InChI=1S/C13H20N2O2S2/c1-3-9-15(4-2)19(16,17)10-11-5-7-12(8-6-11)13(14)18/h5-8H,3-4,9-10H2,1-2H3,(H2,14,18). The minimum Gasteiger partial charge on any atom is -0.389 e. The van der Waals surface area contributed by atoms with Crippen molar-refractivity contribution in [1.82, 2.24) is 4.31 Å². The molecule has 0 spiro atoms. The van der Waals surface area contributed by atoms with Gasteiger partial charge in [0.25, 0.3) is 0 Å². The van der Waals surface area contributed by atoms with Crippen molar-refractivity contribution < 1.29 is 8.42 Å². The van der Waals surface area contributed by atoms with E-state index in [9.17, 15) is 8.42 Å². The van der Waals surface area contributed by atoms with E-state index in [0.29, 0.717) is 18.1 Å². The van der Waals surface area contributed by atoms with Gasteiger partial charge in [-0.3, -0.25) is 0 Å². The zero-order chi connectivity index (χ0) is 14.5. The highest BCUT2D eigenvalue weighted by Crippen LogP contribution is 2.12. The van der Waals surface area contributed by atoms with E-state index in [1.54, 1.807) is 24.3 Å². The van der Waals surface area contributed by atoms with Gasteiger partial charge in [-0.1, -0.05) is 50.3 Å². The second-order valence-electron chi connectivity index (χ2n) is 4.31. The van der Waals surface area contributed by atoms with Gasteiger partial charge in [-0.25, -0.2) is 12.7 Å². The summed E-state index contributed by atoms with van der Waals surface area (Å²) >= 11 is 4.86. The monoisotopic (exact) mass is 300 g/mol. The lowest BCUT2D eigenvalue weighted by Gasteiger charge is -2.19. The first-order valence-electron chi connectivity index (χ1n) is 6.27. The molecule has 0 aliphatic carbocycles. The molecule has 2 N–H and O–H groups in total. The van der Waals surface area contributed by atoms with Crippen LogP contribution in [0.25, 0.3) is 0 Å². The Morgan fingerprint density at radius 1 is 1.26 bits per heavy atom. The van der Waals surface area contributed by atoms with Crippen LogP contribution in [0.5, 0.6) is 0 Å². The summed E-state index contributed by atoms with van der Waals surface area (Å²) in [6.07, 6.45) is 0.813. The van der Waals surface area contributed by atoms with Gasteiger partial charge >= 0.3 is 0 Å². The maximum Gasteiger partial charge on any atom is 0.218 e. The summed E-state index contributed by atoms with van der Waals surface area (Å²) in [6.45, 7) is 4.88. The molecule has 0 saturated heterocycles. The van der Waals surface area contributed by atoms with Crippen LogP contribution in [-0.4, -0.2) is 30.8 Å². The van der Waals surface area contributed by atoms with Crippen LogP contribution in [0.1, 0.15) is 31.4 Å². The van der Waals surface area contributed by atoms with E-state index in [0.717, 1.165) is 17.5 Å². The van der Waals surface area contributed by atoms with Crippen LogP contribution >= 0.6 is 12.2 Å². The van der Waals surface area contributed by atoms with Gasteiger partial charge in [0.1, 0.15) is 4.99 Å². The predicted octanol–water partition coefficient (Wildman–Crippen LogP) is 1.88. The molecule has 4 nitrogen and oxygen atoms in total. The summed E-state index contributed by atoms with van der Waals surface area (Å²) in [5, 5.41) is 0. The Hall–Kier alpha value is -0.980. The van der Waals surface area contributed by atoms with Crippen molar-refractivity contribution in [3.8, 4) is 0 Å². The average Bonchev–Trinajstić information content (AvgIpc) is 2.35. The Bertz CT molecular complexity index is 524. The van der Waals surface area contributed by atoms with Crippen LogP contribution in [0.15, 0.2) is 24.3 Å². The molecule has 1 aromatic rings. The van der Waals surface area contributed by atoms with E-state index in [4.69, 9.17) is 18.0 Å². The van der Waals surface area contributed by atoms with Gasteiger partial charge in [0.15, 0.2) is 0 Å². The number of sulfonamides is 1. The second-order valence-corrected chi connectivity index (χ2v) is 6.72. The van der Waals surface area contributed by atoms with Crippen molar-refractivity contribution in [3.63, 3.8) is 0 Å². The van der Waals surface area contributed by atoms with Gasteiger partial charge in [-0.15, -0.1) is 0 Å². The smallest absolute Gasteiger partial charge is 0.218 e. The molecule has 0 aromatic heterocycles. The SMILES string of the molecule is CCCN(CC)S(=O)(=O)Cc1ccc(C(N)=S)cc1. The Balaban J connectivity index is 2.85. The topological polar surface area (TPSA) is 63.4 Å². The lowest BCUT2D eigenvalue weighted by molar-refractivity contribution is 0.426. The second kappa shape index (κ2) is 6.98. The number of benzene rings is 1. The van der Waals surface area contributed by atoms with Crippen molar-refractivity contribution in [3.05, 3.63) is 35.4 Å². The quantitative estimate of drug-likeness (QED) is 0.781. The van der Waals surface area contributed by atoms with Gasteiger partial charge < -0.3 is 5.73 Å². The van der Waals surface area contributed by atoms with E-state index in [2.05, 4.69) is 0 Å². The fraction of sp³-hybridized carbons (Fsp3) is 0.462. The van der Waals surface area contributed by atoms with Crippen molar-refractivity contribution in [1.29, 1.82) is 0 Å². The molecule has 0 aliphatic rings. The van der Waals surface area contributed by atoms with E-state index >= 15 is 0 Å². The maximum atomic E-state index is 12.2. The normalized spacial score (nSPS) is 11.7. The number of nitrogens with zero attached hydrogens (tertiary/aromatic N) is 1. The summed E-state index contributed by atoms with van der Waals surface area (Å²) in [4.78, 5) is 0.315. The van der Waals surface area contributed by atoms with Crippen molar-refractivity contribution in [2.75, 3.05) is 13.1 Å². The van der Waals surface area contributed by atoms with E-state index in [1.807, 2.05) is 13.8 Å². The first kappa shape index (κ1) is 16.1. The molecule has 106 valence electrons. The number of thiocarbonyl (C=S) groups is 1. The Labute approximate surface area is 120 Å². The van der Waals surface area contributed by atoms with Crippen molar-refractivity contribution >= 4 is 27.2 Å². The number of rotatable bonds is 7. The van der Waals surface area contributed by atoms with Crippen LogP contribution in [0.2, 0.25) is 0 Å². The van der Waals surface area contributed by atoms with Gasteiger partial charge in [0, 0.05) is 18.7 Å². The van der Waals surface area contributed by atoms with Gasteiger partial charge in [-0.05, 0) is 12.0 Å². The third-order valence-electron chi connectivity index (χ3n) is 2.81. The Morgan fingerprint density at radius 2 is 1.84 bits per heavy atom. The summed E-state index contributed by atoms with van der Waals surface area (Å²) in [6, 6.07) is 7.02. The van der Waals surface area contributed by atoms with Crippen LogP contribution in [0.3, 0.4) is 0 Å². The van der Waals surface area contributed by atoms with E-state index in [-0.39, 0.29) is 5.75 Å². The molecule has 6 heteroatoms. The number of nitrogens with two attached hydrogens (primary N) is 1. The third kappa shape index (κ3) is 4.56. The molecule has 1 rings (SSSR count). The van der Waals surface area contributed by atoms with Crippen LogP contribution in [0, 0.1) is 0 Å². The van der Waals surface area contributed by atoms with Crippen molar-refractivity contribution in [2.45, 2.75) is 26.0 Å². The summed E-state index contributed by atoms with van der Waals surface area (Å²) in [5.74, 6) is 0.0124. The van der Waals surface area contributed by atoms with Crippen LogP contribution < -0.4 is 5.73 Å². The molecule has 0 fully saturated rings. The highest BCUT2D eigenvalue weighted by atomic mass is 32.2. The highest BCUT2D eigenvalue weighted by Gasteiger charge is 2.19. The molecule has 0 amide bonds. The minimum atomic E-state index is -3.25. The number of hydrogen-bond donors (Lipinski definition) is 1. The fourth-order valence-electron chi connectivity index (χ4n) is 1.81. The Kier molecular flexibility index (Phi) is 5.90. The highest BCUT2D eigenvalue weighted by molar-refractivity contribution is 7.88. The van der Waals surface area contributed by atoms with Crippen LogP contribution in [-0.2, 0) is 15.8 Å². The molecular weight excluding hydrogens is 280 g/mol. The lowest BCUT2D eigenvalue weighted by Crippen LogP contribution is -2.32. The van der Waals surface area contributed by atoms with Gasteiger partial charge in [0.2, 0.25) is 10.0 Å². The number of hydrogen-bond acceptors (Lipinski definition) is 3. The van der Waals surface area contributed by atoms with E-state index in [1.165, 1.54) is 4.31 Å². The van der Waals surface area contributed by atoms with Crippen molar-refractivity contribution in [2.24, 2.45) is 5.73 Å². The molecule has 0 atom stereocenters. The molecule has 0 saturated carbocycles. The lowest BCUT2D eigenvalue weighted by atomic mass is 10.1. The zero-order valence-corrected chi connectivity index (χ0v) is 12.9. The predicted molar refractivity (Wildman–Crippen MR) is 82.5 cm³/mol. The Morgan fingerprint density at radius 3 is 2.26 bits per heavy atom. The first-order valence-corrected chi connectivity index (χ1v) is 8.29. The first-order chi connectivity index (χ1) is 8.90. The summed E-state index contributed by atoms with van der Waals surface area (Å²) in [7, 11) is -3.25. The van der Waals surface area contributed by atoms with E-state index < -0.39 is 10.0 Å². The summed E-state index contributed by atoms with van der Waals surface area (Å²) in [5.41, 5.74) is 7.00. The van der Waals surface area contributed by atoms with Gasteiger partial charge in [-0.2, -0.15) is 0 Å². The molecule has 0 unspecified atom stereocenters. The minimum absolute atomic E-state index is 0.0124. The molecule has 1 aromatic carbocycles. The largest absolute Gasteiger partial charge is 0.389 e. The zero-order valence-electron chi connectivity index (χ0n) is 11.3. The third-order valence-corrected chi connectivity index (χ3v) is 4.97. The van der Waals surface area contributed by atoms with Gasteiger partial charge in [0.05, 0.1) is 5.75 Å². The molecule has 0 aliphatic heterocycles. The maximum absolute atomic E-state index is 12.2. The molecule has 0 bridgehead atoms. The molecular formula is C13H20N2O2S2.